The van der Waals surface area contributed by atoms with Crippen LogP contribution in [0, 0.1) is 0 Å². The van der Waals surface area contributed by atoms with Crippen LogP contribution in [-0.2, 0) is 0 Å². The van der Waals surface area contributed by atoms with Crippen molar-refractivity contribution < 1.29 is 9.90 Å². The number of hydrogen-bond acceptors (Lipinski definition) is 4. The van der Waals surface area contributed by atoms with Gasteiger partial charge in [-0.1, -0.05) is 37.3 Å². The molecule has 0 unspecified atom stereocenters. The zero-order chi connectivity index (χ0) is 15.1. The van der Waals surface area contributed by atoms with Crippen LogP contribution in [0.2, 0.25) is 0 Å². The van der Waals surface area contributed by atoms with E-state index in [1.807, 2.05) is 43.3 Å². The summed E-state index contributed by atoms with van der Waals surface area (Å²) >= 11 is 1.26. The number of aliphatic hydroxyl groups is 1. The number of carbonyl (C=O) groups is 1. The normalized spacial score (nSPS) is 10.4. The molecule has 0 spiro atoms. The highest BCUT2D eigenvalue weighted by Crippen LogP contribution is 2.25. The smallest absolute Gasteiger partial charge is 0.322 e. The Hall–Kier alpha value is -1.92. The molecular weight excluding hydrogens is 286 g/mol. The average Bonchev–Trinajstić information content (AvgIpc) is 2.96. The maximum absolute atomic E-state index is 12.1. The van der Waals surface area contributed by atoms with Crippen LogP contribution in [0.4, 0.5) is 9.80 Å². The first-order valence-corrected chi connectivity index (χ1v) is 7.71. The number of aliphatic hydroxyl groups excluding tert-OH is 1. The van der Waals surface area contributed by atoms with Gasteiger partial charge in [-0.3, -0.25) is 5.32 Å². The largest absolute Gasteiger partial charge is 0.395 e. The van der Waals surface area contributed by atoms with Crippen LogP contribution in [0.15, 0.2) is 36.4 Å². The van der Waals surface area contributed by atoms with Crippen LogP contribution in [0.1, 0.15) is 13.3 Å². The van der Waals surface area contributed by atoms with Crippen molar-refractivity contribution in [1.29, 1.82) is 0 Å². The van der Waals surface area contributed by atoms with Crippen molar-refractivity contribution in [3.05, 3.63) is 36.4 Å². The van der Waals surface area contributed by atoms with Crippen molar-refractivity contribution in [2.45, 2.75) is 13.3 Å². The molecule has 0 aliphatic heterocycles. The Balaban J connectivity index is 2.03. The van der Waals surface area contributed by atoms with Crippen LogP contribution in [0.3, 0.4) is 0 Å². The summed E-state index contributed by atoms with van der Waals surface area (Å²) in [5.41, 5.74) is 1.87. The van der Waals surface area contributed by atoms with E-state index >= 15 is 0 Å². The van der Waals surface area contributed by atoms with E-state index in [9.17, 15) is 4.79 Å². The second kappa shape index (κ2) is 7.75. The SMILES string of the molecule is CCCN(CCO)C(=O)Nc1cc(-c2ccccc2)ns1. The molecule has 5 nitrogen and oxygen atoms in total. The molecule has 2 N–H and O–H groups in total. The molecule has 1 aromatic heterocycles. The molecule has 2 amide bonds. The molecule has 0 fully saturated rings. The Kier molecular flexibility index (Phi) is 5.71. The number of anilines is 1. The standard InChI is InChI=1S/C15H19N3O2S/c1-2-8-18(9-10-19)15(20)16-14-11-13(17-21-14)12-6-4-3-5-7-12/h3-7,11,19H,2,8-10H2,1H3,(H,16,20). The minimum absolute atomic E-state index is 0.0363. The van der Waals surface area contributed by atoms with Gasteiger partial charge in [0, 0.05) is 24.7 Å². The monoisotopic (exact) mass is 305 g/mol. The highest BCUT2D eigenvalue weighted by Gasteiger charge is 2.13. The molecule has 1 heterocycles. The van der Waals surface area contributed by atoms with Crippen molar-refractivity contribution in [3.63, 3.8) is 0 Å². The van der Waals surface area contributed by atoms with Gasteiger partial charge in [-0.15, -0.1) is 0 Å². The third-order valence-corrected chi connectivity index (χ3v) is 3.67. The van der Waals surface area contributed by atoms with E-state index in [-0.39, 0.29) is 12.6 Å². The van der Waals surface area contributed by atoms with E-state index in [4.69, 9.17) is 5.11 Å². The first-order chi connectivity index (χ1) is 10.2. The Labute approximate surface area is 128 Å². The van der Waals surface area contributed by atoms with Gasteiger partial charge in [-0.2, -0.15) is 4.37 Å². The van der Waals surface area contributed by atoms with Crippen LogP contribution in [0.25, 0.3) is 11.3 Å². The minimum Gasteiger partial charge on any atom is -0.395 e. The van der Waals surface area contributed by atoms with E-state index < -0.39 is 0 Å². The van der Waals surface area contributed by atoms with Gasteiger partial charge in [0.2, 0.25) is 0 Å². The number of carbonyl (C=O) groups excluding carboxylic acids is 1. The molecule has 2 aromatic rings. The number of nitrogens with zero attached hydrogens (tertiary/aromatic N) is 2. The molecule has 6 heteroatoms. The molecular formula is C15H19N3O2S. The molecule has 0 aliphatic rings. The van der Waals surface area contributed by atoms with Crippen LogP contribution in [-0.4, -0.2) is 40.1 Å². The van der Waals surface area contributed by atoms with E-state index in [0.29, 0.717) is 18.1 Å². The van der Waals surface area contributed by atoms with Crippen LogP contribution < -0.4 is 5.32 Å². The van der Waals surface area contributed by atoms with E-state index in [1.165, 1.54) is 11.5 Å². The summed E-state index contributed by atoms with van der Waals surface area (Å²) in [6.45, 7) is 2.92. The second-order valence-electron chi connectivity index (χ2n) is 4.58. The van der Waals surface area contributed by atoms with Gasteiger partial charge in [0.15, 0.2) is 0 Å². The summed E-state index contributed by atoms with van der Waals surface area (Å²) in [6.07, 6.45) is 0.853. The highest BCUT2D eigenvalue weighted by atomic mass is 32.1. The van der Waals surface area contributed by atoms with Gasteiger partial charge in [0.1, 0.15) is 5.00 Å². The molecule has 0 radical (unpaired) electrons. The number of rotatable bonds is 6. The van der Waals surface area contributed by atoms with Gasteiger partial charge in [0.05, 0.1) is 12.3 Å². The fraction of sp³-hybridized carbons (Fsp3) is 0.333. The van der Waals surface area contributed by atoms with E-state index in [0.717, 1.165) is 17.7 Å². The Morgan fingerprint density at radius 2 is 2.10 bits per heavy atom. The topological polar surface area (TPSA) is 65.5 Å². The van der Waals surface area contributed by atoms with Crippen molar-refractivity contribution in [2.24, 2.45) is 0 Å². The fourth-order valence-corrected chi connectivity index (χ4v) is 2.62. The summed E-state index contributed by atoms with van der Waals surface area (Å²) < 4.78 is 4.35. The Morgan fingerprint density at radius 1 is 1.33 bits per heavy atom. The lowest BCUT2D eigenvalue weighted by Crippen LogP contribution is -2.37. The van der Waals surface area contributed by atoms with E-state index in [2.05, 4.69) is 9.69 Å². The Bertz CT molecular complexity index is 565. The number of urea groups is 1. The zero-order valence-electron chi connectivity index (χ0n) is 12.0. The molecule has 21 heavy (non-hydrogen) atoms. The number of benzene rings is 1. The molecule has 0 atom stereocenters. The van der Waals surface area contributed by atoms with Crippen LogP contribution >= 0.6 is 11.5 Å². The number of aromatic nitrogens is 1. The van der Waals surface area contributed by atoms with Crippen molar-refractivity contribution >= 4 is 22.6 Å². The van der Waals surface area contributed by atoms with Gasteiger partial charge < -0.3 is 10.0 Å². The predicted octanol–water partition coefficient (Wildman–Crippen LogP) is 3.05. The lowest BCUT2D eigenvalue weighted by molar-refractivity contribution is 0.188. The molecule has 0 saturated carbocycles. The molecule has 0 saturated heterocycles. The third-order valence-electron chi connectivity index (χ3n) is 2.96. The maximum atomic E-state index is 12.1. The van der Waals surface area contributed by atoms with Crippen molar-refractivity contribution in [2.75, 3.05) is 25.0 Å². The van der Waals surface area contributed by atoms with Gasteiger partial charge >= 0.3 is 6.03 Å². The van der Waals surface area contributed by atoms with Crippen molar-refractivity contribution in [3.8, 4) is 11.3 Å². The summed E-state index contributed by atoms with van der Waals surface area (Å²) in [6, 6.07) is 11.5. The first kappa shape index (κ1) is 15.5. The lowest BCUT2D eigenvalue weighted by Gasteiger charge is -2.20. The summed E-state index contributed by atoms with van der Waals surface area (Å²) in [5, 5.41) is 12.5. The highest BCUT2D eigenvalue weighted by molar-refractivity contribution is 7.10. The maximum Gasteiger partial charge on any atom is 0.322 e. The quantitative estimate of drug-likeness (QED) is 0.862. The Morgan fingerprint density at radius 3 is 2.76 bits per heavy atom. The lowest BCUT2D eigenvalue weighted by atomic mass is 10.2. The van der Waals surface area contributed by atoms with E-state index in [1.54, 1.807) is 4.90 Å². The van der Waals surface area contributed by atoms with Crippen molar-refractivity contribution in [1.82, 2.24) is 9.27 Å². The van der Waals surface area contributed by atoms with Crippen LogP contribution in [0.5, 0.6) is 0 Å². The predicted molar refractivity (Wildman–Crippen MR) is 85.5 cm³/mol. The van der Waals surface area contributed by atoms with Gasteiger partial charge in [-0.25, -0.2) is 4.79 Å². The molecule has 1 aromatic carbocycles. The van der Waals surface area contributed by atoms with Gasteiger partial charge in [-0.05, 0) is 18.0 Å². The second-order valence-corrected chi connectivity index (χ2v) is 5.39. The summed E-state index contributed by atoms with van der Waals surface area (Å²) in [5.74, 6) is 0. The first-order valence-electron chi connectivity index (χ1n) is 6.93. The fourth-order valence-electron chi connectivity index (χ4n) is 1.97. The molecule has 112 valence electrons. The minimum atomic E-state index is -0.200. The third kappa shape index (κ3) is 4.27. The average molecular weight is 305 g/mol. The molecule has 0 aliphatic carbocycles. The summed E-state index contributed by atoms with van der Waals surface area (Å²) in [4.78, 5) is 13.7. The number of amides is 2. The molecule has 2 rings (SSSR count). The summed E-state index contributed by atoms with van der Waals surface area (Å²) in [7, 11) is 0. The number of nitrogens with one attached hydrogen (secondary N) is 1. The zero-order valence-corrected chi connectivity index (χ0v) is 12.8. The number of hydrogen-bond donors (Lipinski definition) is 2. The molecule has 0 bridgehead atoms. The van der Waals surface area contributed by atoms with Gasteiger partial charge in [0.25, 0.3) is 0 Å².